The van der Waals surface area contributed by atoms with Crippen LogP contribution in [0.15, 0.2) is 83.8 Å². The lowest BCUT2D eigenvalue weighted by atomic mass is 10.2. The lowest BCUT2D eigenvalue weighted by Gasteiger charge is -2.28. The van der Waals surface area contributed by atoms with Crippen LogP contribution in [0, 0.1) is 0 Å². The van der Waals surface area contributed by atoms with Crippen LogP contribution in [-0.4, -0.2) is 78.8 Å². The van der Waals surface area contributed by atoms with E-state index >= 15 is 0 Å². The fraction of sp³-hybridized carbons (Fsp3) is 0.321. The van der Waals surface area contributed by atoms with Crippen molar-refractivity contribution in [2.24, 2.45) is 0 Å². The third-order valence-corrected chi connectivity index (χ3v) is 9.41. The minimum absolute atomic E-state index is 0.0957. The lowest BCUT2D eigenvalue weighted by molar-refractivity contribution is -0.121. The van der Waals surface area contributed by atoms with E-state index in [1.165, 1.54) is 23.4 Å². The number of para-hydroxylation sites is 1. The topological polar surface area (TPSA) is 132 Å². The van der Waals surface area contributed by atoms with Gasteiger partial charge in [-0.1, -0.05) is 18.2 Å². The number of nitrogens with one attached hydrogen (secondary N) is 1. The van der Waals surface area contributed by atoms with Gasteiger partial charge in [-0.2, -0.15) is 4.31 Å². The van der Waals surface area contributed by atoms with Gasteiger partial charge in [0.2, 0.25) is 26.0 Å². The Kier molecular flexibility index (Phi) is 9.86. The average Bonchev–Trinajstić information content (AvgIpc) is 2.97. The highest BCUT2D eigenvalue weighted by Crippen LogP contribution is 2.27. The van der Waals surface area contributed by atoms with Gasteiger partial charge in [0.15, 0.2) is 0 Å². The van der Waals surface area contributed by atoms with Crippen molar-refractivity contribution in [2.75, 3.05) is 50.0 Å². The van der Waals surface area contributed by atoms with E-state index in [-0.39, 0.29) is 18.0 Å². The second-order valence-corrected chi connectivity index (χ2v) is 13.1. The van der Waals surface area contributed by atoms with Gasteiger partial charge in [-0.05, 0) is 67.6 Å². The zero-order chi connectivity index (χ0) is 29.5. The molecule has 1 atom stereocenters. The maximum atomic E-state index is 12.9. The zero-order valence-electron chi connectivity index (χ0n) is 22.8. The van der Waals surface area contributed by atoms with Crippen molar-refractivity contribution in [3.05, 3.63) is 78.9 Å². The second kappa shape index (κ2) is 13.3. The molecule has 1 aliphatic heterocycles. The SMILES string of the molecule is C[C@H](C(=O)NCCOc1ccc(S(=O)(=O)N2CCOCC2)cc1)N(c1ccc(Oc2ccccc2)cc1)S(C)(=O)=O. The molecule has 3 aromatic carbocycles. The largest absolute Gasteiger partial charge is 0.492 e. The molecule has 1 aliphatic rings. The lowest BCUT2D eigenvalue weighted by Crippen LogP contribution is -2.48. The first-order chi connectivity index (χ1) is 19.6. The Morgan fingerprint density at radius 2 is 1.49 bits per heavy atom. The van der Waals surface area contributed by atoms with Crippen LogP contribution in [0.1, 0.15) is 6.92 Å². The molecule has 11 nitrogen and oxygen atoms in total. The van der Waals surface area contributed by atoms with E-state index in [0.29, 0.717) is 49.2 Å². The number of nitrogens with zero attached hydrogens (tertiary/aromatic N) is 2. The first-order valence-corrected chi connectivity index (χ1v) is 16.3. The van der Waals surface area contributed by atoms with Crippen LogP contribution in [0.2, 0.25) is 0 Å². The first-order valence-electron chi connectivity index (χ1n) is 13.0. The number of anilines is 1. The van der Waals surface area contributed by atoms with Gasteiger partial charge < -0.3 is 19.5 Å². The summed E-state index contributed by atoms with van der Waals surface area (Å²) < 4.78 is 69.7. The van der Waals surface area contributed by atoms with Crippen molar-refractivity contribution in [3.63, 3.8) is 0 Å². The fourth-order valence-corrected chi connectivity index (χ4v) is 6.81. The van der Waals surface area contributed by atoms with Crippen LogP contribution in [0.3, 0.4) is 0 Å². The number of morpholine rings is 1. The van der Waals surface area contributed by atoms with Gasteiger partial charge >= 0.3 is 0 Å². The Hall–Kier alpha value is -3.65. The summed E-state index contributed by atoms with van der Waals surface area (Å²) in [7, 11) is -7.40. The molecule has 1 fully saturated rings. The fourth-order valence-electron chi connectivity index (χ4n) is 4.23. The minimum atomic E-state index is -3.79. The minimum Gasteiger partial charge on any atom is -0.492 e. The summed E-state index contributed by atoms with van der Waals surface area (Å²) in [6.07, 6.45) is 1.04. The maximum Gasteiger partial charge on any atom is 0.243 e. The van der Waals surface area contributed by atoms with Gasteiger partial charge in [0.05, 0.1) is 36.6 Å². The predicted octanol–water partition coefficient (Wildman–Crippen LogP) is 2.85. The van der Waals surface area contributed by atoms with Crippen molar-refractivity contribution >= 4 is 31.6 Å². The number of ether oxygens (including phenoxy) is 3. The predicted molar refractivity (Wildman–Crippen MR) is 154 cm³/mol. The maximum absolute atomic E-state index is 12.9. The van der Waals surface area contributed by atoms with Crippen LogP contribution in [0.5, 0.6) is 17.2 Å². The normalized spacial score (nSPS) is 15.1. The van der Waals surface area contributed by atoms with Crippen LogP contribution >= 0.6 is 0 Å². The first kappa shape index (κ1) is 30.3. The monoisotopic (exact) mass is 603 g/mol. The van der Waals surface area contributed by atoms with Gasteiger partial charge in [0.25, 0.3) is 0 Å². The van der Waals surface area contributed by atoms with Crippen LogP contribution in [-0.2, 0) is 29.6 Å². The zero-order valence-corrected chi connectivity index (χ0v) is 24.4. The molecule has 0 aliphatic carbocycles. The smallest absolute Gasteiger partial charge is 0.243 e. The van der Waals surface area contributed by atoms with Crippen molar-refractivity contribution in [1.29, 1.82) is 0 Å². The van der Waals surface area contributed by atoms with Crippen molar-refractivity contribution in [2.45, 2.75) is 17.9 Å². The summed E-state index contributed by atoms with van der Waals surface area (Å²) in [4.78, 5) is 13.0. The van der Waals surface area contributed by atoms with E-state index in [1.54, 1.807) is 48.5 Å². The molecule has 3 aromatic rings. The Morgan fingerprint density at radius 1 is 0.902 bits per heavy atom. The number of amides is 1. The summed E-state index contributed by atoms with van der Waals surface area (Å²) >= 11 is 0. The molecule has 1 heterocycles. The molecule has 0 saturated carbocycles. The molecule has 13 heteroatoms. The van der Waals surface area contributed by atoms with Gasteiger partial charge in [0.1, 0.15) is 29.9 Å². The van der Waals surface area contributed by atoms with Gasteiger partial charge in [-0.15, -0.1) is 0 Å². The van der Waals surface area contributed by atoms with Crippen LogP contribution in [0.25, 0.3) is 0 Å². The third-order valence-electron chi connectivity index (χ3n) is 6.26. The van der Waals surface area contributed by atoms with Crippen molar-refractivity contribution in [1.82, 2.24) is 9.62 Å². The molecule has 4 rings (SSSR count). The standard InChI is InChI=1S/C28H33N3O8S2/c1-22(31(40(2,33)34)23-8-10-26(11-9-23)39-25-6-4-3-5-7-25)28(32)29-16-19-38-24-12-14-27(15-13-24)41(35,36)30-17-20-37-21-18-30/h3-15,22H,16-21H2,1-2H3,(H,29,32)/t22-/m1/s1. The molecule has 41 heavy (non-hydrogen) atoms. The molecule has 0 bridgehead atoms. The van der Waals surface area contributed by atoms with Gasteiger partial charge in [0, 0.05) is 13.1 Å². The molecule has 1 amide bonds. The highest BCUT2D eigenvalue weighted by Gasteiger charge is 2.29. The van der Waals surface area contributed by atoms with E-state index < -0.39 is 32.0 Å². The van der Waals surface area contributed by atoms with Gasteiger partial charge in [-0.3, -0.25) is 9.10 Å². The Morgan fingerprint density at radius 3 is 2.10 bits per heavy atom. The van der Waals surface area contributed by atoms with Crippen molar-refractivity contribution < 1.29 is 35.8 Å². The molecule has 0 spiro atoms. The number of carbonyl (C=O) groups excluding carboxylic acids is 1. The summed E-state index contributed by atoms with van der Waals surface area (Å²) in [6.45, 7) is 3.05. The molecular weight excluding hydrogens is 570 g/mol. The average molecular weight is 604 g/mol. The van der Waals surface area contributed by atoms with E-state index in [2.05, 4.69) is 5.32 Å². The highest BCUT2D eigenvalue weighted by atomic mass is 32.2. The quantitative estimate of drug-likeness (QED) is 0.313. The van der Waals surface area contributed by atoms with E-state index in [0.717, 1.165) is 10.6 Å². The summed E-state index contributed by atoms with van der Waals surface area (Å²) in [5.74, 6) is 1.10. The molecular formula is C28H33N3O8S2. The Labute approximate surface area is 240 Å². The van der Waals surface area contributed by atoms with Crippen LogP contribution < -0.4 is 19.1 Å². The summed E-state index contributed by atoms with van der Waals surface area (Å²) in [5.41, 5.74) is 0.318. The number of carbonyl (C=O) groups is 1. The van der Waals surface area contributed by atoms with Crippen molar-refractivity contribution in [3.8, 4) is 17.2 Å². The van der Waals surface area contributed by atoms with Crippen LogP contribution in [0.4, 0.5) is 5.69 Å². The van der Waals surface area contributed by atoms with Gasteiger partial charge in [-0.25, -0.2) is 16.8 Å². The Bertz CT molecular complexity index is 1510. The Balaban J connectivity index is 1.30. The summed E-state index contributed by atoms with van der Waals surface area (Å²) in [5, 5.41) is 2.69. The number of hydrogen-bond donors (Lipinski definition) is 1. The third kappa shape index (κ3) is 7.97. The summed E-state index contributed by atoms with van der Waals surface area (Å²) in [6, 6.07) is 20.6. The molecule has 1 saturated heterocycles. The molecule has 0 unspecified atom stereocenters. The number of sulfonamides is 2. The molecule has 1 N–H and O–H groups in total. The molecule has 0 aromatic heterocycles. The molecule has 220 valence electrons. The number of hydrogen-bond acceptors (Lipinski definition) is 8. The highest BCUT2D eigenvalue weighted by molar-refractivity contribution is 7.92. The number of benzene rings is 3. The van der Waals surface area contributed by atoms with E-state index in [1.807, 2.05) is 18.2 Å². The van der Waals surface area contributed by atoms with E-state index in [9.17, 15) is 21.6 Å². The number of rotatable bonds is 12. The second-order valence-electron chi connectivity index (χ2n) is 9.27. The molecule has 0 radical (unpaired) electrons. The van der Waals surface area contributed by atoms with E-state index in [4.69, 9.17) is 14.2 Å².